The molecule has 0 saturated heterocycles. The van der Waals surface area contributed by atoms with Crippen LogP contribution >= 0.6 is 0 Å². The molecule has 36 heavy (non-hydrogen) atoms. The Labute approximate surface area is 216 Å². The van der Waals surface area contributed by atoms with E-state index in [4.69, 9.17) is 14.6 Å². The number of hydrogen-bond acceptors (Lipinski definition) is 5. The van der Waals surface area contributed by atoms with Crippen molar-refractivity contribution in [1.29, 1.82) is 0 Å². The van der Waals surface area contributed by atoms with Crippen LogP contribution in [-0.2, 0) is 20.7 Å². The van der Waals surface area contributed by atoms with E-state index in [1.165, 1.54) is 50.5 Å². The van der Waals surface area contributed by atoms with Crippen LogP contribution in [-0.4, -0.2) is 28.4 Å². The third-order valence-electron chi connectivity index (χ3n) is 5.08. The Morgan fingerprint density at radius 3 is 2.03 bits per heavy atom. The average Bonchev–Trinajstić information content (AvgIpc) is 2.86. The fraction of sp³-hybridized carbons (Fsp3) is 0.400. The third-order valence-corrected chi connectivity index (χ3v) is 5.08. The van der Waals surface area contributed by atoms with Crippen molar-refractivity contribution in [2.45, 2.75) is 78.4 Å². The first kappa shape index (κ1) is 32.5. The smallest absolute Gasteiger partial charge is 0.333 e. The number of rotatable bonds is 13. The zero-order chi connectivity index (χ0) is 27.2. The van der Waals surface area contributed by atoms with Gasteiger partial charge in [0.05, 0.1) is 0 Å². The zero-order valence-corrected chi connectivity index (χ0v) is 21.9. The van der Waals surface area contributed by atoms with E-state index in [1.54, 1.807) is 25.1 Å². The Kier molecular flexibility index (Phi) is 18.8. The van der Waals surface area contributed by atoms with Crippen molar-refractivity contribution in [1.82, 2.24) is 0 Å². The topological polar surface area (TPSA) is 93.1 Å². The number of benzene rings is 2. The van der Waals surface area contributed by atoms with Gasteiger partial charge in [0.1, 0.15) is 11.5 Å². The van der Waals surface area contributed by atoms with E-state index in [9.17, 15) is 14.7 Å². The lowest BCUT2D eigenvalue weighted by atomic mass is 10.0. The summed E-state index contributed by atoms with van der Waals surface area (Å²) in [5.74, 6) is -0.341. The normalized spacial score (nSPS) is 10.4. The van der Waals surface area contributed by atoms with Crippen molar-refractivity contribution in [3.63, 3.8) is 0 Å². The van der Waals surface area contributed by atoms with Crippen LogP contribution in [0.3, 0.4) is 0 Å². The van der Waals surface area contributed by atoms with Gasteiger partial charge < -0.3 is 19.7 Å². The molecule has 6 nitrogen and oxygen atoms in total. The minimum atomic E-state index is -0.981. The summed E-state index contributed by atoms with van der Waals surface area (Å²) >= 11 is 0. The van der Waals surface area contributed by atoms with E-state index < -0.39 is 18.2 Å². The minimum absolute atomic E-state index is 0.469. The molecule has 1 unspecified atom stereocenters. The SMILES string of the molecule is C=CC(=O)O.C=CC(=O)OC(C)Oc1ccccc1.CCCCCCCCCc1c(C)cccc1O. The fourth-order valence-electron chi connectivity index (χ4n) is 3.20. The molecule has 2 rings (SSSR count). The molecule has 0 heterocycles. The number of para-hydroxylation sites is 1. The molecule has 0 bridgehead atoms. The number of phenolic OH excluding ortho intramolecular Hbond substituents is 1. The first-order chi connectivity index (χ1) is 17.2. The van der Waals surface area contributed by atoms with Gasteiger partial charge in [-0.1, -0.05) is 88.9 Å². The number of phenols is 1. The summed E-state index contributed by atoms with van der Waals surface area (Å²) in [6, 6.07) is 14.9. The molecule has 6 heteroatoms. The number of esters is 1. The van der Waals surface area contributed by atoms with Gasteiger partial charge in [-0.3, -0.25) is 0 Å². The molecule has 0 saturated carbocycles. The Morgan fingerprint density at radius 2 is 1.50 bits per heavy atom. The minimum Gasteiger partial charge on any atom is -0.508 e. The molecule has 0 aliphatic rings. The molecule has 2 aromatic carbocycles. The number of ether oxygens (including phenoxy) is 2. The summed E-state index contributed by atoms with van der Waals surface area (Å²) in [5, 5.41) is 17.4. The van der Waals surface area contributed by atoms with Gasteiger partial charge in [-0.25, -0.2) is 9.59 Å². The number of carbonyl (C=O) groups excluding carboxylic acids is 1. The van der Waals surface area contributed by atoms with Gasteiger partial charge in [0.15, 0.2) is 0 Å². The maximum Gasteiger partial charge on any atom is 0.333 e. The summed E-state index contributed by atoms with van der Waals surface area (Å²) in [6.07, 6.45) is 11.6. The van der Waals surface area contributed by atoms with Gasteiger partial charge >= 0.3 is 11.9 Å². The van der Waals surface area contributed by atoms with Crippen LogP contribution in [0.2, 0.25) is 0 Å². The van der Waals surface area contributed by atoms with Crippen molar-refractivity contribution in [2.75, 3.05) is 0 Å². The lowest BCUT2D eigenvalue weighted by molar-refractivity contribution is -0.155. The first-order valence-corrected chi connectivity index (χ1v) is 12.4. The molecule has 0 aromatic heterocycles. The second-order valence-electron chi connectivity index (χ2n) is 8.13. The molecule has 1 atom stereocenters. The van der Waals surface area contributed by atoms with Crippen molar-refractivity contribution < 1.29 is 29.3 Å². The second kappa shape index (κ2) is 20.8. The summed E-state index contributed by atoms with van der Waals surface area (Å²) in [7, 11) is 0. The zero-order valence-electron chi connectivity index (χ0n) is 21.9. The summed E-state index contributed by atoms with van der Waals surface area (Å²) < 4.78 is 10.1. The Balaban J connectivity index is 0.000000581. The summed E-state index contributed by atoms with van der Waals surface area (Å²) in [4.78, 5) is 20.0. The number of aromatic hydroxyl groups is 1. The number of carboxylic acids is 1. The van der Waals surface area contributed by atoms with E-state index in [-0.39, 0.29) is 0 Å². The van der Waals surface area contributed by atoms with E-state index in [2.05, 4.69) is 33.1 Å². The highest BCUT2D eigenvalue weighted by molar-refractivity contribution is 5.81. The van der Waals surface area contributed by atoms with Gasteiger partial charge in [0, 0.05) is 19.1 Å². The van der Waals surface area contributed by atoms with Crippen molar-refractivity contribution in [3.8, 4) is 11.5 Å². The monoisotopic (exact) mass is 498 g/mol. The van der Waals surface area contributed by atoms with Crippen LogP contribution in [0.4, 0.5) is 0 Å². The molecule has 0 fully saturated rings. The Bertz CT molecular complexity index is 871. The van der Waals surface area contributed by atoms with Crippen molar-refractivity contribution >= 4 is 11.9 Å². The van der Waals surface area contributed by atoms with Crippen LogP contribution in [0.15, 0.2) is 73.8 Å². The van der Waals surface area contributed by atoms with Crippen LogP contribution in [0, 0.1) is 6.92 Å². The number of carbonyl (C=O) groups is 2. The van der Waals surface area contributed by atoms with E-state index in [0.717, 1.165) is 24.1 Å². The van der Waals surface area contributed by atoms with Gasteiger partial charge in [0.2, 0.25) is 6.29 Å². The van der Waals surface area contributed by atoms with E-state index in [1.807, 2.05) is 24.3 Å². The lowest BCUT2D eigenvalue weighted by Gasteiger charge is -2.13. The predicted octanol–water partition coefficient (Wildman–Crippen LogP) is 7.39. The number of carboxylic acid groups (broad SMARTS) is 1. The molecule has 198 valence electrons. The van der Waals surface area contributed by atoms with Gasteiger partial charge in [-0.15, -0.1) is 0 Å². The third kappa shape index (κ3) is 17.0. The van der Waals surface area contributed by atoms with Crippen LogP contribution in [0.25, 0.3) is 0 Å². The lowest BCUT2D eigenvalue weighted by Crippen LogP contribution is -2.19. The highest BCUT2D eigenvalue weighted by Gasteiger charge is 2.07. The highest BCUT2D eigenvalue weighted by Crippen LogP contribution is 2.23. The van der Waals surface area contributed by atoms with Gasteiger partial charge in [-0.05, 0) is 49.1 Å². The number of hydrogen-bond donors (Lipinski definition) is 2. The molecule has 0 radical (unpaired) electrons. The van der Waals surface area contributed by atoms with Crippen LogP contribution < -0.4 is 4.74 Å². The summed E-state index contributed by atoms with van der Waals surface area (Å²) in [5.41, 5.74) is 2.36. The maximum absolute atomic E-state index is 10.8. The van der Waals surface area contributed by atoms with Crippen molar-refractivity contribution in [3.05, 3.63) is 85.0 Å². The maximum atomic E-state index is 10.8. The number of aliphatic carboxylic acids is 1. The quantitative estimate of drug-likeness (QED) is 0.129. The molecular formula is C30H42O6. The molecule has 0 aliphatic heterocycles. The second-order valence-corrected chi connectivity index (χ2v) is 8.13. The summed E-state index contributed by atoms with van der Waals surface area (Å²) in [6.45, 7) is 12.2. The number of aryl methyl sites for hydroxylation is 1. The fourth-order valence-corrected chi connectivity index (χ4v) is 3.20. The molecule has 0 aliphatic carbocycles. The molecular weight excluding hydrogens is 456 g/mol. The Hall–Kier alpha value is -3.54. The van der Waals surface area contributed by atoms with E-state index in [0.29, 0.717) is 11.5 Å². The van der Waals surface area contributed by atoms with E-state index >= 15 is 0 Å². The van der Waals surface area contributed by atoms with Gasteiger partial charge in [-0.2, -0.15) is 0 Å². The first-order valence-electron chi connectivity index (χ1n) is 12.4. The van der Waals surface area contributed by atoms with Crippen molar-refractivity contribution in [2.24, 2.45) is 0 Å². The van der Waals surface area contributed by atoms with Crippen LogP contribution in [0.5, 0.6) is 11.5 Å². The molecule has 0 spiro atoms. The highest BCUT2D eigenvalue weighted by atomic mass is 16.7. The largest absolute Gasteiger partial charge is 0.508 e. The molecule has 0 amide bonds. The molecule has 2 N–H and O–H groups in total. The Morgan fingerprint density at radius 1 is 0.917 bits per heavy atom. The van der Waals surface area contributed by atoms with Gasteiger partial charge in [0.25, 0.3) is 0 Å². The average molecular weight is 499 g/mol. The molecule has 2 aromatic rings. The predicted molar refractivity (Wildman–Crippen MR) is 145 cm³/mol. The van der Waals surface area contributed by atoms with Crippen LogP contribution in [0.1, 0.15) is 69.9 Å². The standard InChI is InChI=1S/C16H26O.C11H12O3.C3H4O2/c1-3-4-5-6-7-8-9-12-15-14(2)11-10-13-16(15)17;1-3-11(12)14-9(2)13-10-7-5-4-6-8-10;1-2-3(4)5/h10-11,13,17H,3-9,12H2,1-2H3;3-9H,1H2,2H3;2H,1H2,(H,4,5). The number of unbranched alkanes of at least 4 members (excludes halogenated alkanes) is 6.